The lowest BCUT2D eigenvalue weighted by atomic mass is 10.1. The minimum absolute atomic E-state index is 0. The molecule has 0 saturated carbocycles. The Morgan fingerprint density at radius 3 is 2.28 bits per heavy atom. The summed E-state index contributed by atoms with van der Waals surface area (Å²) in [4.78, 5) is 0.349. The largest absolute Gasteiger partial charge is 0.317 e. The number of sulfonamides is 1. The summed E-state index contributed by atoms with van der Waals surface area (Å²) in [7, 11) is -3.35. The minimum atomic E-state index is -3.35. The molecule has 0 aliphatic carbocycles. The minimum Gasteiger partial charge on any atom is -0.317 e. The fourth-order valence-corrected chi connectivity index (χ4v) is 3.25. The Morgan fingerprint density at radius 2 is 1.72 bits per heavy atom. The van der Waals surface area contributed by atoms with Gasteiger partial charge in [0.15, 0.2) is 0 Å². The van der Waals surface area contributed by atoms with Crippen LogP contribution < -0.4 is 10.0 Å². The molecule has 1 fully saturated rings. The first-order chi connectivity index (χ1) is 8.08. The van der Waals surface area contributed by atoms with Crippen molar-refractivity contribution in [3.63, 3.8) is 0 Å². The van der Waals surface area contributed by atoms with Gasteiger partial charge < -0.3 is 5.32 Å². The van der Waals surface area contributed by atoms with E-state index in [0.29, 0.717) is 4.90 Å². The maximum Gasteiger partial charge on any atom is 0.240 e. The molecule has 1 aromatic rings. The van der Waals surface area contributed by atoms with Crippen molar-refractivity contribution in [3.05, 3.63) is 29.8 Å². The molecule has 1 heterocycles. The van der Waals surface area contributed by atoms with Crippen molar-refractivity contribution in [2.75, 3.05) is 13.1 Å². The second kappa shape index (κ2) is 6.52. The van der Waals surface area contributed by atoms with E-state index < -0.39 is 10.0 Å². The number of hydrogen-bond acceptors (Lipinski definition) is 3. The van der Waals surface area contributed by atoms with Crippen LogP contribution in [0.5, 0.6) is 0 Å². The molecule has 1 aliphatic heterocycles. The molecular formula is C12H19ClN2O2S. The van der Waals surface area contributed by atoms with Crippen LogP contribution in [0.15, 0.2) is 29.2 Å². The van der Waals surface area contributed by atoms with Gasteiger partial charge in [0, 0.05) is 6.04 Å². The molecule has 1 saturated heterocycles. The predicted octanol–water partition coefficient (Wildman–Crippen LogP) is 1.45. The summed E-state index contributed by atoms with van der Waals surface area (Å²) in [5, 5.41) is 3.21. The third kappa shape index (κ3) is 3.95. The highest BCUT2D eigenvalue weighted by molar-refractivity contribution is 7.89. The molecule has 102 valence electrons. The Kier molecular flexibility index (Phi) is 5.59. The Morgan fingerprint density at radius 1 is 1.17 bits per heavy atom. The quantitative estimate of drug-likeness (QED) is 0.886. The maximum atomic E-state index is 12.1. The zero-order chi connectivity index (χ0) is 12.3. The summed E-state index contributed by atoms with van der Waals surface area (Å²) in [5.74, 6) is 0. The summed E-state index contributed by atoms with van der Waals surface area (Å²) in [6.07, 6.45) is 1.70. The van der Waals surface area contributed by atoms with E-state index in [0.717, 1.165) is 31.5 Å². The van der Waals surface area contributed by atoms with Gasteiger partial charge in [-0.3, -0.25) is 0 Å². The van der Waals surface area contributed by atoms with Gasteiger partial charge in [-0.05, 0) is 45.0 Å². The molecule has 0 bridgehead atoms. The number of hydrogen-bond donors (Lipinski definition) is 2. The number of nitrogens with one attached hydrogen (secondary N) is 2. The molecule has 0 aromatic heterocycles. The van der Waals surface area contributed by atoms with Crippen LogP contribution in [-0.4, -0.2) is 27.5 Å². The lowest BCUT2D eigenvalue weighted by Crippen LogP contribution is -2.42. The average molecular weight is 291 g/mol. The number of rotatable bonds is 3. The zero-order valence-electron chi connectivity index (χ0n) is 10.3. The molecule has 0 amide bonds. The third-order valence-electron chi connectivity index (χ3n) is 2.99. The molecule has 0 spiro atoms. The topological polar surface area (TPSA) is 58.2 Å². The molecule has 0 radical (unpaired) electrons. The van der Waals surface area contributed by atoms with Crippen molar-refractivity contribution < 1.29 is 8.42 Å². The second-order valence-electron chi connectivity index (χ2n) is 4.46. The van der Waals surface area contributed by atoms with E-state index in [9.17, 15) is 8.42 Å². The molecule has 18 heavy (non-hydrogen) atoms. The van der Waals surface area contributed by atoms with Gasteiger partial charge in [-0.25, -0.2) is 13.1 Å². The van der Waals surface area contributed by atoms with E-state index in [1.54, 1.807) is 12.1 Å². The van der Waals surface area contributed by atoms with Crippen LogP contribution in [0.3, 0.4) is 0 Å². The highest BCUT2D eigenvalue weighted by atomic mass is 35.5. The first-order valence-corrected chi connectivity index (χ1v) is 7.36. The van der Waals surface area contributed by atoms with E-state index >= 15 is 0 Å². The third-order valence-corrected chi connectivity index (χ3v) is 4.53. The molecule has 0 unspecified atom stereocenters. The van der Waals surface area contributed by atoms with Crippen molar-refractivity contribution in [2.45, 2.75) is 30.7 Å². The lowest BCUT2D eigenvalue weighted by molar-refractivity contribution is 0.427. The van der Waals surface area contributed by atoms with Gasteiger partial charge in [0.2, 0.25) is 10.0 Å². The summed E-state index contributed by atoms with van der Waals surface area (Å²) in [6, 6.07) is 6.99. The van der Waals surface area contributed by atoms with E-state index in [1.807, 2.05) is 19.1 Å². The van der Waals surface area contributed by atoms with E-state index in [-0.39, 0.29) is 18.4 Å². The zero-order valence-corrected chi connectivity index (χ0v) is 12.0. The molecule has 2 N–H and O–H groups in total. The van der Waals surface area contributed by atoms with Gasteiger partial charge in [-0.1, -0.05) is 17.7 Å². The number of benzene rings is 1. The lowest BCUT2D eigenvalue weighted by Gasteiger charge is -2.23. The van der Waals surface area contributed by atoms with Gasteiger partial charge in [0.1, 0.15) is 0 Å². The maximum absolute atomic E-state index is 12.1. The fraction of sp³-hybridized carbons (Fsp3) is 0.500. The summed E-state index contributed by atoms with van der Waals surface area (Å²) in [6.45, 7) is 3.69. The standard InChI is InChI=1S/C12H18N2O2S.ClH/c1-10-2-4-12(5-3-10)17(15,16)14-11-6-8-13-9-7-11;/h2-5,11,13-14H,6-9H2,1H3;1H. The normalized spacial score (nSPS) is 17.2. The Hall–Kier alpha value is -0.620. The van der Waals surface area contributed by atoms with Crippen LogP contribution in [0.2, 0.25) is 0 Å². The molecule has 2 rings (SSSR count). The van der Waals surface area contributed by atoms with Crippen LogP contribution in [0, 0.1) is 6.92 Å². The summed E-state index contributed by atoms with van der Waals surface area (Å²) >= 11 is 0. The molecule has 1 aliphatic rings. The van der Waals surface area contributed by atoms with E-state index in [2.05, 4.69) is 10.0 Å². The van der Waals surface area contributed by atoms with Crippen LogP contribution in [0.25, 0.3) is 0 Å². The molecule has 4 nitrogen and oxygen atoms in total. The molecule has 1 aromatic carbocycles. The average Bonchev–Trinajstić information content (AvgIpc) is 2.30. The Labute approximate surface area is 115 Å². The van der Waals surface area contributed by atoms with Crippen molar-refractivity contribution in [3.8, 4) is 0 Å². The van der Waals surface area contributed by atoms with E-state index in [4.69, 9.17) is 0 Å². The van der Waals surface area contributed by atoms with Crippen molar-refractivity contribution in [1.29, 1.82) is 0 Å². The van der Waals surface area contributed by atoms with Gasteiger partial charge >= 0.3 is 0 Å². The van der Waals surface area contributed by atoms with Gasteiger partial charge in [0.05, 0.1) is 4.90 Å². The number of halogens is 1. The first-order valence-electron chi connectivity index (χ1n) is 5.88. The Balaban J connectivity index is 0.00000162. The van der Waals surface area contributed by atoms with Crippen LogP contribution >= 0.6 is 12.4 Å². The smallest absolute Gasteiger partial charge is 0.240 e. The van der Waals surface area contributed by atoms with Crippen LogP contribution in [-0.2, 0) is 10.0 Å². The number of aryl methyl sites for hydroxylation is 1. The fourth-order valence-electron chi connectivity index (χ4n) is 1.94. The van der Waals surface area contributed by atoms with Crippen molar-refractivity contribution in [1.82, 2.24) is 10.0 Å². The summed E-state index contributed by atoms with van der Waals surface area (Å²) in [5.41, 5.74) is 1.06. The second-order valence-corrected chi connectivity index (χ2v) is 6.17. The van der Waals surface area contributed by atoms with Crippen molar-refractivity contribution in [2.24, 2.45) is 0 Å². The van der Waals surface area contributed by atoms with Gasteiger partial charge in [-0.2, -0.15) is 0 Å². The first kappa shape index (κ1) is 15.4. The van der Waals surface area contributed by atoms with Crippen molar-refractivity contribution >= 4 is 22.4 Å². The summed E-state index contributed by atoms with van der Waals surface area (Å²) < 4.78 is 26.9. The monoisotopic (exact) mass is 290 g/mol. The number of piperidine rings is 1. The van der Waals surface area contributed by atoms with Gasteiger partial charge in [-0.15, -0.1) is 12.4 Å². The highest BCUT2D eigenvalue weighted by Crippen LogP contribution is 2.12. The molecular weight excluding hydrogens is 272 g/mol. The predicted molar refractivity (Wildman–Crippen MR) is 74.6 cm³/mol. The van der Waals surface area contributed by atoms with Crippen LogP contribution in [0.4, 0.5) is 0 Å². The SMILES string of the molecule is Cc1ccc(S(=O)(=O)NC2CCNCC2)cc1.Cl. The highest BCUT2D eigenvalue weighted by Gasteiger charge is 2.21. The Bertz CT molecular complexity index is 467. The molecule has 6 heteroatoms. The van der Waals surface area contributed by atoms with E-state index in [1.165, 1.54) is 0 Å². The molecule has 0 atom stereocenters. The van der Waals surface area contributed by atoms with Crippen LogP contribution in [0.1, 0.15) is 18.4 Å². The van der Waals surface area contributed by atoms with Gasteiger partial charge in [0.25, 0.3) is 0 Å².